The summed E-state index contributed by atoms with van der Waals surface area (Å²) < 4.78 is 11.0. The lowest BCUT2D eigenvalue weighted by Gasteiger charge is -2.41. The number of guanidine groups is 1. The van der Waals surface area contributed by atoms with Gasteiger partial charge in [0, 0.05) is 64.3 Å². The minimum Gasteiger partial charge on any atom is -0.379 e. The average molecular weight is 552 g/mol. The Morgan fingerprint density at radius 2 is 1.55 bits per heavy atom. The topological polar surface area (TPSA) is 61.4 Å². The zero-order valence-electron chi connectivity index (χ0n) is 19.9. The number of morpholine rings is 2. The minimum absolute atomic E-state index is 0. The van der Waals surface area contributed by atoms with Crippen LogP contribution in [0.25, 0.3) is 0 Å². The fourth-order valence-corrected chi connectivity index (χ4v) is 5.05. The highest BCUT2D eigenvalue weighted by Crippen LogP contribution is 2.37. The highest BCUT2D eigenvalue weighted by molar-refractivity contribution is 14.0. The van der Waals surface area contributed by atoms with Gasteiger partial charge in [-0.1, -0.05) is 26.2 Å². The maximum absolute atomic E-state index is 5.56. The predicted molar refractivity (Wildman–Crippen MR) is 139 cm³/mol. The summed E-state index contributed by atoms with van der Waals surface area (Å²) in [5.41, 5.74) is 0.331. The third kappa shape index (κ3) is 9.70. The van der Waals surface area contributed by atoms with Crippen molar-refractivity contribution in [1.29, 1.82) is 0 Å². The van der Waals surface area contributed by atoms with Crippen LogP contribution in [-0.4, -0.2) is 101 Å². The van der Waals surface area contributed by atoms with Crippen molar-refractivity contribution in [1.82, 2.24) is 20.4 Å². The quantitative estimate of drug-likeness (QED) is 0.261. The van der Waals surface area contributed by atoms with Gasteiger partial charge in [-0.05, 0) is 25.7 Å². The molecule has 0 radical (unpaired) electrons. The molecule has 3 rings (SSSR count). The zero-order valence-corrected chi connectivity index (χ0v) is 22.2. The summed E-state index contributed by atoms with van der Waals surface area (Å²) in [6.07, 6.45) is 6.69. The molecule has 0 aromatic heterocycles. The van der Waals surface area contributed by atoms with Gasteiger partial charge in [-0.15, -0.1) is 24.0 Å². The van der Waals surface area contributed by atoms with Crippen molar-refractivity contribution < 1.29 is 9.47 Å². The fraction of sp³-hybridized carbons (Fsp3) is 0.957. The van der Waals surface area contributed by atoms with E-state index < -0.39 is 0 Å². The maximum Gasteiger partial charge on any atom is 0.191 e. The molecule has 3 aliphatic rings. The van der Waals surface area contributed by atoms with E-state index in [4.69, 9.17) is 14.5 Å². The molecule has 182 valence electrons. The van der Waals surface area contributed by atoms with Crippen LogP contribution < -0.4 is 10.6 Å². The van der Waals surface area contributed by atoms with Crippen molar-refractivity contribution in [2.24, 2.45) is 16.3 Å². The van der Waals surface area contributed by atoms with Crippen molar-refractivity contribution in [3.8, 4) is 0 Å². The van der Waals surface area contributed by atoms with Gasteiger partial charge in [-0.3, -0.25) is 14.8 Å². The highest BCUT2D eigenvalue weighted by atomic mass is 127. The number of aliphatic imine (C=N–C) groups is 1. The molecule has 0 amide bonds. The van der Waals surface area contributed by atoms with E-state index >= 15 is 0 Å². The largest absolute Gasteiger partial charge is 0.379 e. The van der Waals surface area contributed by atoms with E-state index in [0.717, 1.165) is 84.7 Å². The van der Waals surface area contributed by atoms with E-state index in [-0.39, 0.29) is 24.0 Å². The Morgan fingerprint density at radius 3 is 2.16 bits per heavy atom. The average Bonchev–Trinajstić information content (AvgIpc) is 2.78. The lowest BCUT2D eigenvalue weighted by atomic mass is 9.73. The molecule has 1 aliphatic carbocycles. The molecule has 31 heavy (non-hydrogen) atoms. The summed E-state index contributed by atoms with van der Waals surface area (Å²) in [7, 11) is 0. The van der Waals surface area contributed by atoms with E-state index in [1.54, 1.807) is 0 Å². The van der Waals surface area contributed by atoms with Crippen molar-refractivity contribution in [2.75, 3.05) is 85.3 Å². The lowest BCUT2D eigenvalue weighted by molar-refractivity contribution is 0.00937. The first-order valence-corrected chi connectivity index (χ1v) is 12.3. The molecule has 0 aromatic carbocycles. The summed E-state index contributed by atoms with van der Waals surface area (Å²) in [6.45, 7) is 17.3. The fourth-order valence-electron chi connectivity index (χ4n) is 5.05. The summed E-state index contributed by atoms with van der Waals surface area (Å²) in [4.78, 5) is 10.2. The van der Waals surface area contributed by atoms with Crippen molar-refractivity contribution in [2.45, 2.75) is 46.0 Å². The Morgan fingerprint density at radius 1 is 0.935 bits per heavy atom. The second kappa shape index (κ2) is 14.9. The molecule has 0 bridgehead atoms. The van der Waals surface area contributed by atoms with Gasteiger partial charge in [0.25, 0.3) is 0 Å². The van der Waals surface area contributed by atoms with Gasteiger partial charge in [-0.2, -0.15) is 0 Å². The maximum atomic E-state index is 5.56. The van der Waals surface area contributed by atoms with Crippen LogP contribution in [0.4, 0.5) is 0 Å². The van der Waals surface area contributed by atoms with Crippen LogP contribution in [0.2, 0.25) is 0 Å². The Balaban J connectivity index is 0.00000341. The first-order chi connectivity index (χ1) is 14.7. The van der Waals surface area contributed by atoms with Gasteiger partial charge >= 0.3 is 0 Å². The van der Waals surface area contributed by atoms with Crippen LogP contribution >= 0.6 is 24.0 Å². The SMILES string of the molecule is CCNC(=NCC1(CN2CCOCC2)CCCCC1)NCC(C)CN1CCOCC1.I. The number of nitrogens with zero attached hydrogens (tertiary/aromatic N) is 3. The molecular weight excluding hydrogens is 505 g/mol. The summed E-state index contributed by atoms with van der Waals surface area (Å²) in [5, 5.41) is 7.09. The van der Waals surface area contributed by atoms with Gasteiger partial charge < -0.3 is 20.1 Å². The molecule has 2 aliphatic heterocycles. The normalized spacial score (nSPS) is 24.3. The van der Waals surface area contributed by atoms with Crippen molar-refractivity contribution in [3.63, 3.8) is 0 Å². The number of nitrogens with one attached hydrogen (secondary N) is 2. The first kappa shape index (κ1) is 27.1. The number of halogens is 1. The standard InChI is InChI=1S/C23H45N5O2.HI/c1-3-24-22(25-17-21(2)18-27-9-13-29-14-10-27)26-19-23(7-5-4-6-8-23)20-28-11-15-30-16-12-28;/h21H,3-20H2,1-2H3,(H2,24,25,26);1H. The number of ether oxygens (including phenoxy) is 2. The van der Waals surface area contributed by atoms with Crippen LogP contribution in [0.1, 0.15) is 46.0 Å². The van der Waals surface area contributed by atoms with Crippen molar-refractivity contribution >= 4 is 29.9 Å². The molecule has 2 saturated heterocycles. The number of hydrogen-bond acceptors (Lipinski definition) is 5. The smallest absolute Gasteiger partial charge is 0.191 e. The van der Waals surface area contributed by atoms with E-state index in [1.807, 2.05) is 0 Å². The Kier molecular flexibility index (Phi) is 13.0. The summed E-state index contributed by atoms with van der Waals surface area (Å²) in [6, 6.07) is 0. The molecule has 1 saturated carbocycles. The van der Waals surface area contributed by atoms with E-state index in [0.29, 0.717) is 11.3 Å². The Labute approximate surface area is 207 Å². The molecule has 0 aromatic rings. The first-order valence-electron chi connectivity index (χ1n) is 12.3. The summed E-state index contributed by atoms with van der Waals surface area (Å²) in [5.74, 6) is 1.57. The molecule has 8 heteroatoms. The van der Waals surface area contributed by atoms with Crippen molar-refractivity contribution in [3.05, 3.63) is 0 Å². The lowest BCUT2D eigenvalue weighted by Crippen LogP contribution is -2.47. The highest BCUT2D eigenvalue weighted by Gasteiger charge is 2.34. The van der Waals surface area contributed by atoms with Crippen LogP contribution in [0.5, 0.6) is 0 Å². The third-order valence-corrected chi connectivity index (χ3v) is 6.79. The molecule has 3 fully saturated rings. The van der Waals surface area contributed by atoms with E-state index in [9.17, 15) is 0 Å². The van der Waals surface area contributed by atoms with E-state index in [1.165, 1.54) is 38.6 Å². The number of rotatable bonds is 9. The summed E-state index contributed by atoms with van der Waals surface area (Å²) >= 11 is 0. The number of hydrogen-bond donors (Lipinski definition) is 2. The zero-order chi connectivity index (χ0) is 21.1. The second-order valence-corrected chi connectivity index (χ2v) is 9.54. The van der Waals surface area contributed by atoms with Crippen LogP contribution in [0.3, 0.4) is 0 Å². The third-order valence-electron chi connectivity index (χ3n) is 6.79. The molecule has 2 N–H and O–H groups in total. The van der Waals surface area contributed by atoms with Crippen LogP contribution in [-0.2, 0) is 9.47 Å². The van der Waals surface area contributed by atoms with E-state index in [2.05, 4.69) is 34.3 Å². The molecule has 1 unspecified atom stereocenters. The monoisotopic (exact) mass is 551 g/mol. The van der Waals surface area contributed by atoms with Gasteiger partial charge in [-0.25, -0.2) is 0 Å². The minimum atomic E-state index is 0. The van der Waals surface area contributed by atoms with Gasteiger partial charge in [0.15, 0.2) is 5.96 Å². The molecular formula is C23H46IN5O2. The molecule has 7 nitrogen and oxygen atoms in total. The van der Waals surface area contributed by atoms with Gasteiger partial charge in [0.05, 0.1) is 26.4 Å². The molecule has 1 atom stereocenters. The van der Waals surface area contributed by atoms with Crippen LogP contribution in [0.15, 0.2) is 4.99 Å². The second-order valence-electron chi connectivity index (χ2n) is 9.54. The Hall–Kier alpha value is -0.160. The molecule has 2 heterocycles. The predicted octanol–water partition coefficient (Wildman–Crippen LogP) is 2.41. The van der Waals surface area contributed by atoms with Gasteiger partial charge in [0.1, 0.15) is 0 Å². The molecule has 0 spiro atoms. The van der Waals surface area contributed by atoms with Gasteiger partial charge in [0.2, 0.25) is 0 Å². The van der Waals surface area contributed by atoms with Crippen LogP contribution in [0, 0.1) is 11.3 Å². The Bertz CT molecular complexity index is 504.